The number of nitrogens with one attached hydrogen (secondary N) is 1. The lowest BCUT2D eigenvalue weighted by Crippen LogP contribution is -2.45. The topological polar surface area (TPSA) is 96.8 Å². The van der Waals surface area contributed by atoms with Gasteiger partial charge in [-0.2, -0.15) is 0 Å². The molecule has 3 aromatic rings. The van der Waals surface area contributed by atoms with Crippen LogP contribution in [0.5, 0.6) is 0 Å². The van der Waals surface area contributed by atoms with Gasteiger partial charge < -0.3 is 24.4 Å². The second-order valence-corrected chi connectivity index (χ2v) is 13.8. The zero-order valence-electron chi connectivity index (χ0n) is 31.2. The van der Waals surface area contributed by atoms with Crippen molar-refractivity contribution >= 4 is 12.4 Å². The summed E-state index contributed by atoms with van der Waals surface area (Å²) >= 11 is 0. The predicted octanol–water partition coefficient (Wildman–Crippen LogP) is 6.91. The molecule has 2 atom stereocenters. The maximum absolute atomic E-state index is 14.0. The monoisotopic (exact) mass is 709 g/mol. The number of rotatable bonds is 7. The Bertz CT molecular complexity index is 1560. The minimum Gasteiger partial charge on any atom is -0.462 e. The molecule has 1 amide bonds. The number of likely N-dealkylation sites (tertiary alicyclic amines) is 2. The summed E-state index contributed by atoms with van der Waals surface area (Å²) in [5, 5.41) is 3.07. The van der Waals surface area contributed by atoms with Crippen molar-refractivity contribution in [3.63, 3.8) is 0 Å². The molecule has 6 rings (SSSR count). The molecule has 2 saturated heterocycles. The first-order valence-corrected chi connectivity index (χ1v) is 18.3. The molecule has 2 unspecified atom stereocenters. The molecule has 0 bridgehead atoms. The van der Waals surface area contributed by atoms with E-state index in [0.29, 0.717) is 31.5 Å². The van der Waals surface area contributed by atoms with Gasteiger partial charge in [-0.1, -0.05) is 57.0 Å². The number of carbonyl (C=O) groups excluding carboxylic acids is 2. The number of amides is 1. The van der Waals surface area contributed by atoms with Gasteiger partial charge >= 0.3 is 5.97 Å². The van der Waals surface area contributed by atoms with Gasteiger partial charge in [0.05, 0.1) is 30.7 Å². The Labute approximate surface area is 302 Å². The molecule has 1 spiro atoms. The van der Waals surface area contributed by atoms with Gasteiger partial charge in [0.25, 0.3) is 5.56 Å². The summed E-state index contributed by atoms with van der Waals surface area (Å²) in [6.07, 6.45) is 12.0. The summed E-state index contributed by atoms with van der Waals surface area (Å²) in [6, 6.07) is 13.8. The first-order chi connectivity index (χ1) is 24.5. The Morgan fingerprint density at radius 3 is 2.33 bits per heavy atom. The number of esters is 1. The number of piperidine rings is 2. The van der Waals surface area contributed by atoms with Crippen LogP contribution in [0.1, 0.15) is 90.7 Å². The van der Waals surface area contributed by atoms with Crippen LogP contribution in [-0.2, 0) is 21.4 Å². The maximum Gasteiger partial charge on any atom is 0.320 e. The van der Waals surface area contributed by atoms with Crippen LogP contribution in [0.15, 0.2) is 65.7 Å². The number of nitrogens with zero attached hydrogens (tertiary/aromatic N) is 4. The van der Waals surface area contributed by atoms with E-state index in [4.69, 9.17) is 4.74 Å². The molecule has 1 aliphatic carbocycles. The Kier molecular flexibility index (Phi) is 16.9. The smallest absolute Gasteiger partial charge is 0.320 e. The van der Waals surface area contributed by atoms with E-state index >= 15 is 0 Å². The lowest BCUT2D eigenvalue weighted by atomic mass is 9.79. The number of ether oxygens (including phenoxy) is 1. The molecule has 1 N–H and O–H groups in total. The van der Waals surface area contributed by atoms with Gasteiger partial charge in [-0.3, -0.25) is 14.4 Å². The number of hydrogen-bond donors (Lipinski definition) is 1. The molecule has 51 heavy (non-hydrogen) atoms. The number of aromatic nitrogens is 2. The van der Waals surface area contributed by atoms with Crippen molar-refractivity contribution in [2.45, 2.75) is 97.2 Å². The summed E-state index contributed by atoms with van der Waals surface area (Å²) in [4.78, 5) is 42.3. The van der Waals surface area contributed by atoms with E-state index in [9.17, 15) is 23.2 Å². The summed E-state index contributed by atoms with van der Waals surface area (Å²) in [5.41, 5.74) is 2.56. The fraction of sp³-hybridized carbons (Fsp3) is 0.550. The van der Waals surface area contributed by atoms with Crippen LogP contribution < -0.4 is 10.9 Å². The molecule has 9 nitrogen and oxygen atoms in total. The van der Waals surface area contributed by atoms with Crippen molar-refractivity contribution < 1.29 is 23.1 Å². The second-order valence-electron chi connectivity index (χ2n) is 13.8. The zero-order valence-corrected chi connectivity index (χ0v) is 31.2. The van der Waals surface area contributed by atoms with Gasteiger partial charge in [-0.05, 0) is 89.6 Å². The van der Waals surface area contributed by atoms with Gasteiger partial charge in [0.2, 0.25) is 6.41 Å². The maximum atomic E-state index is 14.0. The van der Waals surface area contributed by atoms with Crippen LogP contribution in [0.2, 0.25) is 0 Å². The molecule has 1 aromatic heterocycles. The van der Waals surface area contributed by atoms with Gasteiger partial charge in [-0.25, -0.2) is 13.8 Å². The van der Waals surface area contributed by atoms with Crippen molar-refractivity contribution in [3.8, 4) is 11.3 Å². The molecule has 2 aromatic carbocycles. The average molecular weight is 710 g/mol. The first-order valence-electron chi connectivity index (χ1n) is 18.3. The van der Waals surface area contributed by atoms with Crippen molar-refractivity contribution in [1.29, 1.82) is 0 Å². The van der Waals surface area contributed by atoms with E-state index in [1.54, 1.807) is 20.9 Å². The number of benzene rings is 2. The summed E-state index contributed by atoms with van der Waals surface area (Å²) in [7, 11) is 3.96. The number of halogens is 2. The average Bonchev–Trinajstić information content (AvgIpc) is 3.57. The van der Waals surface area contributed by atoms with E-state index in [0.717, 1.165) is 29.2 Å². The minimum absolute atomic E-state index is 0.0427. The van der Waals surface area contributed by atoms with Crippen molar-refractivity contribution in [2.24, 2.45) is 12.5 Å². The quantitative estimate of drug-likeness (QED) is 0.210. The molecule has 11 heteroatoms. The Morgan fingerprint density at radius 1 is 1.02 bits per heavy atom. The minimum atomic E-state index is -0.564. The van der Waals surface area contributed by atoms with E-state index in [2.05, 4.69) is 22.2 Å². The molecule has 280 valence electrons. The highest BCUT2D eigenvalue weighted by atomic mass is 19.1. The Hall–Kier alpha value is -3.96. The Balaban J connectivity index is 0.000000219. The van der Waals surface area contributed by atoms with E-state index in [1.807, 2.05) is 44.2 Å². The fourth-order valence-electron chi connectivity index (χ4n) is 7.12. The SMILES string of the molecule is CC.CC(C)OC(=O)CNC1CCN(C=O)C(c2cc(F)ccc2F)C1.CN1CCCC2(CCCC2)C1.Cn1cnc(-c2ccccc2)cc1=O. The van der Waals surface area contributed by atoms with E-state index in [1.165, 1.54) is 73.5 Å². The van der Waals surface area contributed by atoms with E-state index in [-0.39, 0.29) is 35.8 Å². The van der Waals surface area contributed by atoms with Crippen molar-refractivity contribution in [3.05, 3.63) is 88.5 Å². The number of carbonyl (C=O) groups is 2. The molecule has 3 fully saturated rings. The second kappa shape index (κ2) is 20.8. The molecule has 2 aliphatic heterocycles. The van der Waals surface area contributed by atoms with Crippen LogP contribution in [0, 0.1) is 17.0 Å². The van der Waals surface area contributed by atoms with Gasteiger partial charge in [-0.15, -0.1) is 0 Å². The third kappa shape index (κ3) is 12.9. The number of hydrogen-bond acceptors (Lipinski definition) is 7. The molecular weight excluding hydrogens is 652 g/mol. The fourth-order valence-corrected chi connectivity index (χ4v) is 7.12. The highest BCUT2D eigenvalue weighted by Gasteiger charge is 2.36. The van der Waals surface area contributed by atoms with Crippen LogP contribution in [0.25, 0.3) is 11.3 Å². The summed E-state index contributed by atoms with van der Waals surface area (Å²) < 4.78 is 34.0. The third-order valence-electron chi connectivity index (χ3n) is 9.56. The molecule has 1 saturated carbocycles. The zero-order chi connectivity index (χ0) is 37.4. The lowest BCUT2D eigenvalue weighted by Gasteiger charge is -2.38. The summed E-state index contributed by atoms with van der Waals surface area (Å²) in [5.74, 6) is -1.46. The lowest BCUT2D eigenvalue weighted by molar-refractivity contribution is -0.146. The standard InChI is InChI=1S/C17H22F2N2O3.C11H10N2O.C10H19N.C2H6/c1-11(2)24-17(23)9-20-13-5-6-21(10-22)16(8-13)14-7-12(18)3-4-15(14)19;1-13-8-12-10(7-11(13)14)9-5-3-2-4-6-9;1-11-8-4-7-10(9-11)5-2-3-6-10;1-2/h3-4,7,10-11,13,16,20H,5-6,8-9H2,1-2H3;2-8H,1H3;2-9H2,1H3;1-2H3. The van der Waals surface area contributed by atoms with Gasteiger partial charge in [0, 0.05) is 43.4 Å². The largest absolute Gasteiger partial charge is 0.462 e. The van der Waals surface area contributed by atoms with Crippen LogP contribution >= 0.6 is 0 Å². The van der Waals surface area contributed by atoms with Crippen LogP contribution in [0.3, 0.4) is 0 Å². The normalized spacial score (nSPS) is 19.5. The van der Waals surface area contributed by atoms with Gasteiger partial charge in [0.1, 0.15) is 11.6 Å². The predicted molar refractivity (Wildman–Crippen MR) is 198 cm³/mol. The van der Waals surface area contributed by atoms with Crippen molar-refractivity contribution in [1.82, 2.24) is 24.7 Å². The summed E-state index contributed by atoms with van der Waals surface area (Å²) in [6.45, 7) is 10.7. The molecule has 0 radical (unpaired) electrons. The van der Waals surface area contributed by atoms with Crippen molar-refractivity contribution in [2.75, 3.05) is 33.2 Å². The molecular formula is C40H57F2N5O4. The first kappa shape index (κ1) is 41.5. The van der Waals surface area contributed by atoms with E-state index < -0.39 is 17.7 Å². The highest BCUT2D eigenvalue weighted by molar-refractivity contribution is 5.71. The third-order valence-corrected chi connectivity index (χ3v) is 9.56. The highest BCUT2D eigenvalue weighted by Crippen LogP contribution is 2.44. The number of aryl methyl sites for hydroxylation is 1. The van der Waals surface area contributed by atoms with Crippen LogP contribution in [-0.4, -0.2) is 77.1 Å². The Morgan fingerprint density at radius 2 is 1.71 bits per heavy atom. The molecule has 3 aliphatic rings. The molecule has 3 heterocycles. The van der Waals surface area contributed by atoms with Crippen LogP contribution in [0.4, 0.5) is 8.78 Å². The van der Waals surface area contributed by atoms with Gasteiger partial charge in [0.15, 0.2) is 0 Å².